The van der Waals surface area contributed by atoms with Crippen molar-refractivity contribution >= 4 is 40.3 Å². The van der Waals surface area contributed by atoms with E-state index in [0.717, 1.165) is 48.3 Å². The van der Waals surface area contributed by atoms with Gasteiger partial charge in [-0.2, -0.15) is 0 Å². The van der Waals surface area contributed by atoms with Gasteiger partial charge < -0.3 is 15.4 Å². The topological polar surface area (TPSA) is 118 Å². The number of carbonyl (C=O) groups is 4. The highest BCUT2D eigenvalue weighted by atomic mass is 32.1. The highest BCUT2D eigenvalue weighted by Gasteiger charge is 2.45. The molecule has 1 aliphatic heterocycles. The number of hydrogen-bond acceptors (Lipinski definition) is 7. The number of nitrogens with zero attached hydrogens (tertiary/aromatic N) is 2. The van der Waals surface area contributed by atoms with Crippen LogP contribution in [0.1, 0.15) is 54.6 Å². The van der Waals surface area contributed by atoms with Gasteiger partial charge in [-0.25, -0.2) is 23.9 Å². The van der Waals surface area contributed by atoms with Gasteiger partial charge in [0.05, 0.1) is 7.11 Å². The van der Waals surface area contributed by atoms with Gasteiger partial charge in [0.2, 0.25) is 5.91 Å². The first-order valence-corrected chi connectivity index (χ1v) is 12.5. The molecule has 186 valence electrons. The molecule has 2 heterocycles. The van der Waals surface area contributed by atoms with E-state index in [2.05, 4.69) is 20.4 Å². The second-order valence-corrected chi connectivity index (χ2v) is 9.67. The van der Waals surface area contributed by atoms with Crippen molar-refractivity contribution < 1.29 is 28.3 Å². The minimum absolute atomic E-state index is 0.0611. The van der Waals surface area contributed by atoms with E-state index < -0.39 is 35.9 Å². The summed E-state index contributed by atoms with van der Waals surface area (Å²) in [4.78, 5) is 56.3. The van der Waals surface area contributed by atoms with Crippen molar-refractivity contribution in [3.63, 3.8) is 0 Å². The minimum Gasteiger partial charge on any atom is -0.464 e. The highest BCUT2D eigenvalue weighted by Crippen LogP contribution is 2.30. The quantitative estimate of drug-likeness (QED) is 0.421. The number of nitrogens with one attached hydrogen (secondary N) is 2. The third-order valence-electron chi connectivity index (χ3n) is 6.43. The molecular formula is C24H27FN4O5S. The van der Waals surface area contributed by atoms with Crippen LogP contribution in [-0.2, 0) is 20.7 Å². The second kappa shape index (κ2) is 10.9. The molecule has 1 saturated carbocycles. The summed E-state index contributed by atoms with van der Waals surface area (Å²) in [6, 6.07) is 3.21. The lowest BCUT2D eigenvalue weighted by molar-refractivity contribution is -0.134. The first kappa shape index (κ1) is 24.8. The maximum absolute atomic E-state index is 13.3. The number of benzene rings is 1. The first-order valence-electron chi connectivity index (χ1n) is 11.6. The molecule has 0 bridgehead atoms. The predicted octanol–water partition coefficient (Wildman–Crippen LogP) is 3.51. The van der Waals surface area contributed by atoms with Crippen molar-refractivity contribution in [3.8, 4) is 0 Å². The number of methoxy groups -OCH3 is 1. The molecule has 11 heteroatoms. The van der Waals surface area contributed by atoms with Crippen molar-refractivity contribution in [3.05, 3.63) is 46.7 Å². The van der Waals surface area contributed by atoms with Crippen LogP contribution in [0.25, 0.3) is 0 Å². The molecule has 35 heavy (non-hydrogen) atoms. The fourth-order valence-corrected chi connectivity index (χ4v) is 5.31. The Balaban J connectivity index is 1.52. The zero-order chi connectivity index (χ0) is 24.9. The molecule has 2 aromatic rings. The van der Waals surface area contributed by atoms with Crippen LogP contribution >= 0.6 is 11.3 Å². The number of amides is 4. The molecule has 9 nitrogen and oxygen atoms in total. The molecule has 1 aliphatic carbocycles. The van der Waals surface area contributed by atoms with Gasteiger partial charge in [0.15, 0.2) is 10.8 Å². The van der Waals surface area contributed by atoms with Crippen LogP contribution in [0.15, 0.2) is 29.6 Å². The van der Waals surface area contributed by atoms with Crippen molar-refractivity contribution in [2.24, 2.45) is 5.92 Å². The van der Waals surface area contributed by atoms with Gasteiger partial charge in [-0.1, -0.05) is 44.2 Å². The number of halogens is 1. The fraction of sp³-hybridized carbons (Fsp3) is 0.458. The maximum atomic E-state index is 13.3. The molecule has 0 unspecified atom stereocenters. The van der Waals surface area contributed by atoms with Gasteiger partial charge in [0.1, 0.15) is 17.9 Å². The van der Waals surface area contributed by atoms with Gasteiger partial charge in [-0.05, 0) is 30.0 Å². The average molecular weight is 503 g/mol. The summed E-state index contributed by atoms with van der Waals surface area (Å²) in [6.07, 6.45) is 5.61. The summed E-state index contributed by atoms with van der Waals surface area (Å²) in [7, 11) is 1.24. The van der Waals surface area contributed by atoms with E-state index in [1.165, 1.54) is 24.6 Å². The molecule has 0 spiro atoms. The third kappa shape index (κ3) is 5.84. The van der Waals surface area contributed by atoms with Crippen molar-refractivity contribution in [1.29, 1.82) is 0 Å². The van der Waals surface area contributed by atoms with Crippen LogP contribution in [0.3, 0.4) is 0 Å². The molecule has 2 fully saturated rings. The molecule has 2 aliphatic rings. The van der Waals surface area contributed by atoms with Gasteiger partial charge >= 0.3 is 12.0 Å². The monoisotopic (exact) mass is 502 g/mol. The summed E-state index contributed by atoms with van der Waals surface area (Å²) in [5.41, 5.74) is 0.754. The number of thiazole rings is 1. The van der Waals surface area contributed by atoms with E-state index in [0.29, 0.717) is 12.0 Å². The van der Waals surface area contributed by atoms with Crippen LogP contribution in [0, 0.1) is 11.7 Å². The highest BCUT2D eigenvalue weighted by molar-refractivity contribution is 7.14. The molecule has 4 rings (SSSR count). The number of hydrogen-bond donors (Lipinski definition) is 2. The number of aromatic nitrogens is 1. The average Bonchev–Trinajstić information content (AvgIpc) is 3.43. The molecule has 1 saturated heterocycles. The Morgan fingerprint density at radius 2 is 1.94 bits per heavy atom. The van der Waals surface area contributed by atoms with Gasteiger partial charge in [-0.15, -0.1) is 11.3 Å². The van der Waals surface area contributed by atoms with Crippen LogP contribution in [0.4, 0.5) is 14.3 Å². The summed E-state index contributed by atoms with van der Waals surface area (Å²) in [5, 5.41) is 6.98. The van der Waals surface area contributed by atoms with Crippen molar-refractivity contribution in [1.82, 2.24) is 15.2 Å². The Kier molecular flexibility index (Phi) is 7.74. The largest absolute Gasteiger partial charge is 0.464 e. The molecule has 0 radical (unpaired) electrons. The molecular weight excluding hydrogens is 475 g/mol. The Morgan fingerprint density at radius 1 is 1.23 bits per heavy atom. The third-order valence-corrected chi connectivity index (χ3v) is 7.19. The lowest BCUT2D eigenvalue weighted by Gasteiger charge is -2.30. The van der Waals surface area contributed by atoms with Gasteiger partial charge in [-0.3, -0.25) is 9.59 Å². The molecule has 1 aromatic carbocycles. The van der Waals surface area contributed by atoms with E-state index >= 15 is 0 Å². The lowest BCUT2D eigenvalue weighted by Crippen LogP contribution is -2.49. The number of rotatable bonds is 8. The predicted molar refractivity (Wildman–Crippen MR) is 126 cm³/mol. The normalized spacial score (nSPS) is 19.4. The fourth-order valence-electron chi connectivity index (χ4n) is 4.62. The molecule has 1 aromatic heterocycles. The van der Waals surface area contributed by atoms with Crippen molar-refractivity contribution in [2.75, 3.05) is 12.4 Å². The van der Waals surface area contributed by atoms with E-state index in [-0.39, 0.29) is 29.0 Å². The number of imide groups is 1. The van der Waals surface area contributed by atoms with Gasteiger partial charge in [0, 0.05) is 11.8 Å². The number of anilines is 1. The summed E-state index contributed by atoms with van der Waals surface area (Å²) in [5.74, 6) is -1.84. The molecule has 2 N–H and O–H groups in total. The van der Waals surface area contributed by atoms with Crippen LogP contribution in [-0.4, -0.2) is 52.9 Å². The number of esters is 1. The number of ether oxygens (including phenoxy) is 1. The Hall–Kier alpha value is -3.34. The Morgan fingerprint density at radius 3 is 2.63 bits per heavy atom. The molecule has 4 amide bonds. The van der Waals surface area contributed by atoms with Crippen LogP contribution < -0.4 is 10.6 Å². The Labute approximate surface area is 206 Å². The zero-order valence-electron chi connectivity index (χ0n) is 19.3. The summed E-state index contributed by atoms with van der Waals surface area (Å²) >= 11 is 1.05. The number of carbonyl (C=O) groups excluding carboxylic acids is 4. The second-order valence-electron chi connectivity index (χ2n) is 8.82. The van der Waals surface area contributed by atoms with Crippen LogP contribution in [0.5, 0.6) is 0 Å². The van der Waals surface area contributed by atoms with E-state index in [1.54, 1.807) is 12.1 Å². The SMILES string of the molecule is COC(=O)c1csc(NC(=O)[C@H](CC2CCCCC2)N2C(=O)N[C@H](Cc3ccc(F)cc3)C2=O)n1. The smallest absolute Gasteiger partial charge is 0.357 e. The van der Waals surface area contributed by atoms with Gasteiger partial charge in [0.25, 0.3) is 5.91 Å². The first-order chi connectivity index (χ1) is 16.9. The summed E-state index contributed by atoms with van der Waals surface area (Å²) in [6.45, 7) is 0. The van der Waals surface area contributed by atoms with E-state index in [4.69, 9.17) is 0 Å². The standard InChI is InChI=1S/C24H27FN4O5S/c1-34-22(32)18-13-35-23(26-18)28-20(30)19(12-14-5-3-2-4-6-14)29-21(31)17(27-24(29)33)11-15-7-9-16(25)10-8-15/h7-10,13-14,17,19H,2-6,11-12H2,1H3,(H,27,33)(H,26,28,30)/t17-,19+/m1/s1. The maximum Gasteiger partial charge on any atom is 0.357 e. The van der Waals surface area contributed by atoms with E-state index in [1.807, 2.05) is 0 Å². The Bertz CT molecular complexity index is 1100. The zero-order valence-corrected chi connectivity index (χ0v) is 20.1. The minimum atomic E-state index is -1.02. The van der Waals surface area contributed by atoms with Crippen molar-refractivity contribution in [2.45, 2.75) is 57.0 Å². The summed E-state index contributed by atoms with van der Waals surface area (Å²) < 4.78 is 17.9. The van der Waals surface area contributed by atoms with E-state index in [9.17, 15) is 23.6 Å². The van der Waals surface area contributed by atoms with Crippen LogP contribution in [0.2, 0.25) is 0 Å². The lowest BCUT2D eigenvalue weighted by atomic mass is 9.84. The molecule has 2 atom stereocenters. The number of urea groups is 1.